The molecule has 0 heterocycles. The van der Waals surface area contributed by atoms with E-state index in [0.29, 0.717) is 17.9 Å². The summed E-state index contributed by atoms with van der Waals surface area (Å²) in [6, 6.07) is 5.49. The van der Waals surface area contributed by atoms with Crippen LogP contribution in [-0.2, 0) is 0 Å². The Hall–Kier alpha value is -0.550. The van der Waals surface area contributed by atoms with Gasteiger partial charge in [0.05, 0.1) is 12.7 Å². The maximum absolute atomic E-state index is 12.5. The fraction of sp³-hybridized carbons (Fsp3) is 0.500. The van der Waals surface area contributed by atoms with Crippen LogP contribution >= 0.6 is 31.9 Å². The average Bonchev–Trinajstić information content (AvgIpc) is 2.42. The van der Waals surface area contributed by atoms with Gasteiger partial charge in [0.2, 0.25) is 0 Å². The number of ether oxygens (including phenoxy) is 1. The van der Waals surface area contributed by atoms with Crippen molar-refractivity contribution >= 4 is 37.8 Å². The zero-order valence-electron chi connectivity index (χ0n) is 11.3. The molecule has 0 N–H and O–H groups in total. The summed E-state index contributed by atoms with van der Waals surface area (Å²) in [7, 11) is 1.58. The van der Waals surface area contributed by atoms with Crippen molar-refractivity contribution in [2.75, 3.05) is 25.5 Å². The molecule has 0 saturated heterocycles. The Kier molecular flexibility index (Phi) is 7.46. The highest BCUT2D eigenvalue weighted by molar-refractivity contribution is 9.10. The van der Waals surface area contributed by atoms with E-state index in [9.17, 15) is 4.79 Å². The first-order chi connectivity index (χ1) is 9.13. The highest BCUT2D eigenvalue weighted by Gasteiger charge is 2.18. The van der Waals surface area contributed by atoms with Gasteiger partial charge in [0.25, 0.3) is 5.91 Å². The van der Waals surface area contributed by atoms with Crippen molar-refractivity contribution in [1.29, 1.82) is 0 Å². The van der Waals surface area contributed by atoms with Crippen molar-refractivity contribution in [2.24, 2.45) is 0 Å². The van der Waals surface area contributed by atoms with Crippen LogP contribution in [0.25, 0.3) is 0 Å². The van der Waals surface area contributed by atoms with E-state index in [2.05, 4.69) is 38.8 Å². The van der Waals surface area contributed by atoms with Gasteiger partial charge < -0.3 is 9.64 Å². The van der Waals surface area contributed by atoms with Gasteiger partial charge in [0, 0.05) is 22.9 Å². The van der Waals surface area contributed by atoms with Crippen LogP contribution in [0.5, 0.6) is 5.75 Å². The Balaban J connectivity index is 2.94. The number of carbonyl (C=O) groups is 1. The minimum atomic E-state index is 0.0252. The predicted octanol–water partition coefficient (Wildman–Crippen LogP) is 4.09. The molecule has 106 valence electrons. The quantitative estimate of drug-likeness (QED) is 0.654. The summed E-state index contributed by atoms with van der Waals surface area (Å²) in [5.41, 5.74) is 0.614. The number of benzene rings is 1. The largest absolute Gasteiger partial charge is 0.496 e. The average molecular weight is 393 g/mol. The van der Waals surface area contributed by atoms with Crippen molar-refractivity contribution < 1.29 is 9.53 Å². The Morgan fingerprint density at radius 2 is 2.11 bits per heavy atom. The van der Waals surface area contributed by atoms with E-state index in [1.807, 2.05) is 17.0 Å². The lowest BCUT2D eigenvalue weighted by Gasteiger charge is -2.22. The van der Waals surface area contributed by atoms with E-state index in [4.69, 9.17) is 4.74 Å². The van der Waals surface area contributed by atoms with Crippen LogP contribution in [0.3, 0.4) is 0 Å². The van der Waals surface area contributed by atoms with E-state index in [1.165, 1.54) is 0 Å². The molecule has 5 heteroatoms. The van der Waals surface area contributed by atoms with E-state index in [0.717, 1.165) is 29.2 Å². The SMILES string of the molecule is CCCCN(CCBr)C(=O)c1ccc(Br)cc1OC. The van der Waals surface area contributed by atoms with Gasteiger partial charge in [-0.25, -0.2) is 0 Å². The first-order valence-corrected chi connectivity index (χ1v) is 8.24. The zero-order chi connectivity index (χ0) is 14.3. The van der Waals surface area contributed by atoms with Crippen molar-refractivity contribution in [3.8, 4) is 5.75 Å². The summed E-state index contributed by atoms with van der Waals surface area (Å²) in [5.74, 6) is 0.632. The molecule has 1 aromatic carbocycles. The standard InChI is InChI=1S/C14H19Br2NO2/c1-3-4-8-17(9-7-15)14(18)12-6-5-11(16)10-13(12)19-2/h5-6,10H,3-4,7-9H2,1-2H3. The van der Waals surface area contributed by atoms with Crippen LogP contribution in [0.15, 0.2) is 22.7 Å². The lowest BCUT2D eigenvalue weighted by molar-refractivity contribution is 0.0761. The highest BCUT2D eigenvalue weighted by atomic mass is 79.9. The second-order valence-electron chi connectivity index (χ2n) is 4.18. The number of hydrogen-bond acceptors (Lipinski definition) is 2. The van der Waals surface area contributed by atoms with Crippen molar-refractivity contribution in [3.63, 3.8) is 0 Å². The normalized spacial score (nSPS) is 10.3. The Morgan fingerprint density at radius 1 is 1.37 bits per heavy atom. The number of unbranched alkanes of at least 4 members (excludes halogenated alkanes) is 1. The molecule has 0 spiro atoms. The van der Waals surface area contributed by atoms with Gasteiger partial charge in [-0.1, -0.05) is 45.2 Å². The van der Waals surface area contributed by atoms with Gasteiger partial charge in [-0.05, 0) is 24.6 Å². The van der Waals surface area contributed by atoms with Crippen molar-refractivity contribution in [3.05, 3.63) is 28.2 Å². The van der Waals surface area contributed by atoms with Crippen LogP contribution in [-0.4, -0.2) is 36.3 Å². The Labute approximate surface area is 131 Å². The molecule has 0 unspecified atom stereocenters. The molecule has 1 aromatic rings. The lowest BCUT2D eigenvalue weighted by Crippen LogP contribution is -2.33. The van der Waals surface area contributed by atoms with Crippen LogP contribution in [0, 0.1) is 0 Å². The topological polar surface area (TPSA) is 29.5 Å². The van der Waals surface area contributed by atoms with Crippen LogP contribution in [0.2, 0.25) is 0 Å². The van der Waals surface area contributed by atoms with E-state index in [1.54, 1.807) is 13.2 Å². The molecule has 0 atom stereocenters. The van der Waals surface area contributed by atoms with Gasteiger partial charge in [-0.2, -0.15) is 0 Å². The minimum Gasteiger partial charge on any atom is -0.496 e. The second-order valence-corrected chi connectivity index (χ2v) is 5.89. The summed E-state index contributed by atoms with van der Waals surface area (Å²) in [6.07, 6.45) is 2.08. The smallest absolute Gasteiger partial charge is 0.257 e. The summed E-state index contributed by atoms with van der Waals surface area (Å²) in [6.45, 7) is 3.61. The van der Waals surface area contributed by atoms with Gasteiger partial charge in [-0.15, -0.1) is 0 Å². The molecular formula is C14H19Br2NO2. The fourth-order valence-electron chi connectivity index (χ4n) is 1.78. The number of hydrogen-bond donors (Lipinski definition) is 0. The van der Waals surface area contributed by atoms with Gasteiger partial charge in [0.1, 0.15) is 5.75 Å². The second kappa shape index (κ2) is 8.59. The van der Waals surface area contributed by atoms with Gasteiger partial charge >= 0.3 is 0 Å². The molecule has 0 aromatic heterocycles. The summed E-state index contributed by atoms with van der Waals surface area (Å²) >= 11 is 6.78. The summed E-state index contributed by atoms with van der Waals surface area (Å²) in [4.78, 5) is 14.4. The number of carbonyl (C=O) groups excluding carboxylic acids is 1. The number of nitrogens with zero attached hydrogens (tertiary/aromatic N) is 1. The molecule has 0 aliphatic heterocycles. The van der Waals surface area contributed by atoms with Crippen molar-refractivity contribution in [1.82, 2.24) is 4.90 Å². The molecule has 3 nitrogen and oxygen atoms in total. The number of halogens is 2. The van der Waals surface area contributed by atoms with Crippen molar-refractivity contribution in [2.45, 2.75) is 19.8 Å². The maximum atomic E-state index is 12.5. The third-order valence-corrected chi connectivity index (χ3v) is 3.67. The predicted molar refractivity (Wildman–Crippen MR) is 85.3 cm³/mol. The monoisotopic (exact) mass is 391 g/mol. The molecule has 19 heavy (non-hydrogen) atoms. The molecule has 0 radical (unpaired) electrons. The number of rotatable bonds is 7. The molecule has 0 aliphatic rings. The lowest BCUT2D eigenvalue weighted by atomic mass is 10.1. The van der Waals surface area contributed by atoms with Crippen LogP contribution in [0.1, 0.15) is 30.1 Å². The van der Waals surface area contributed by atoms with E-state index < -0.39 is 0 Å². The third-order valence-electron chi connectivity index (χ3n) is 2.82. The van der Waals surface area contributed by atoms with Gasteiger partial charge in [0.15, 0.2) is 0 Å². The third kappa shape index (κ3) is 4.80. The van der Waals surface area contributed by atoms with Gasteiger partial charge in [-0.3, -0.25) is 4.79 Å². The Morgan fingerprint density at radius 3 is 2.68 bits per heavy atom. The first-order valence-electron chi connectivity index (χ1n) is 6.32. The molecule has 0 bridgehead atoms. The zero-order valence-corrected chi connectivity index (χ0v) is 14.5. The minimum absolute atomic E-state index is 0.0252. The fourth-order valence-corrected chi connectivity index (χ4v) is 2.55. The van der Waals surface area contributed by atoms with Crippen LogP contribution < -0.4 is 4.74 Å². The molecule has 0 aliphatic carbocycles. The maximum Gasteiger partial charge on any atom is 0.257 e. The molecular weight excluding hydrogens is 374 g/mol. The molecule has 0 fully saturated rings. The number of amides is 1. The summed E-state index contributed by atoms with van der Waals surface area (Å²) in [5, 5.41) is 0.779. The first kappa shape index (κ1) is 16.5. The number of methoxy groups -OCH3 is 1. The van der Waals surface area contributed by atoms with E-state index >= 15 is 0 Å². The van der Waals surface area contributed by atoms with E-state index in [-0.39, 0.29) is 5.91 Å². The van der Waals surface area contributed by atoms with Crippen LogP contribution in [0.4, 0.5) is 0 Å². The number of alkyl halides is 1. The summed E-state index contributed by atoms with van der Waals surface area (Å²) < 4.78 is 6.20. The highest BCUT2D eigenvalue weighted by Crippen LogP contribution is 2.24. The molecule has 0 saturated carbocycles. The Bertz CT molecular complexity index is 424. The molecule has 1 rings (SSSR count). The molecule has 1 amide bonds.